The third-order valence-electron chi connectivity index (χ3n) is 4.51. The van der Waals surface area contributed by atoms with Crippen molar-refractivity contribution in [2.75, 3.05) is 0 Å². The van der Waals surface area contributed by atoms with Crippen LogP contribution in [-0.4, -0.2) is 30.2 Å². The van der Waals surface area contributed by atoms with Crippen molar-refractivity contribution in [2.24, 2.45) is 11.7 Å². The van der Waals surface area contributed by atoms with Gasteiger partial charge in [0, 0.05) is 10.0 Å². The van der Waals surface area contributed by atoms with Gasteiger partial charge in [0.1, 0.15) is 0 Å². The summed E-state index contributed by atoms with van der Waals surface area (Å²) in [5.41, 5.74) is 4.76. The summed E-state index contributed by atoms with van der Waals surface area (Å²) in [6.07, 6.45) is -13.6. The highest BCUT2D eigenvalue weighted by molar-refractivity contribution is 9.10. The van der Waals surface area contributed by atoms with Crippen molar-refractivity contribution in [3.05, 3.63) is 72.6 Å². The Morgan fingerprint density at radius 2 is 1.34 bits per heavy atom. The Kier molecular flexibility index (Phi) is 11.6. The van der Waals surface area contributed by atoms with E-state index in [1.165, 1.54) is 13.0 Å². The minimum Gasteiger partial charge on any atom is -0.369 e. The Balaban J connectivity index is 0.000000508. The summed E-state index contributed by atoms with van der Waals surface area (Å²) in [7, 11) is 0. The highest BCUT2D eigenvalue weighted by Crippen LogP contribution is 2.41. The van der Waals surface area contributed by atoms with Crippen LogP contribution in [0.2, 0.25) is 15.1 Å². The first kappa shape index (κ1) is 34.1. The number of alkyl halides is 9. The predicted molar refractivity (Wildman–Crippen MR) is 128 cm³/mol. The minimum absolute atomic E-state index is 0.00531. The van der Waals surface area contributed by atoms with Crippen molar-refractivity contribution in [1.29, 1.82) is 0 Å². The number of carbonyl (C=O) groups is 2. The van der Waals surface area contributed by atoms with E-state index in [0.29, 0.717) is 15.6 Å². The summed E-state index contributed by atoms with van der Waals surface area (Å²) in [5.74, 6) is -8.59. The predicted octanol–water partition coefficient (Wildman–Crippen LogP) is 9.18. The first-order valence-corrected chi connectivity index (χ1v) is 11.6. The van der Waals surface area contributed by atoms with Crippen molar-refractivity contribution in [2.45, 2.75) is 31.4 Å². The highest BCUT2D eigenvalue weighted by atomic mass is 79.9. The third kappa shape index (κ3) is 9.65. The van der Waals surface area contributed by atoms with Gasteiger partial charge in [0.25, 0.3) is 0 Å². The van der Waals surface area contributed by atoms with Crippen molar-refractivity contribution < 1.29 is 49.1 Å². The molecule has 0 aliphatic heterocycles. The molecule has 0 saturated carbocycles. The van der Waals surface area contributed by atoms with E-state index >= 15 is 0 Å². The lowest BCUT2D eigenvalue weighted by Gasteiger charge is -2.19. The van der Waals surface area contributed by atoms with Gasteiger partial charge in [-0.05, 0) is 42.3 Å². The Morgan fingerprint density at radius 3 is 1.66 bits per heavy atom. The number of allylic oxidation sites excluding steroid dienone is 1. The zero-order valence-electron chi connectivity index (χ0n) is 18.5. The van der Waals surface area contributed by atoms with E-state index in [0.717, 1.165) is 18.2 Å². The van der Waals surface area contributed by atoms with Crippen LogP contribution in [0.5, 0.6) is 0 Å². The summed E-state index contributed by atoms with van der Waals surface area (Å²) < 4.78 is 110. The van der Waals surface area contributed by atoms with Crippen LogP contribution in [0.25, 0.3) is 6.08 Å². The van der Waals surface area contributed by atoms with Crippen molar-refractivity contribution in [1.82, 2.24) is 0 Å². The molecule has 0 heterocycles. The number of ketones is 1. The van der Waals surface area contributed by atoms with Gasteiger partial charge in [-0.3, -0.25) is 9.59 Å². The molecule has 0 spiro atoms. The lowest BCUT2D eigenvalue weighted by Crippen LogP contribution is -2.45. The second-order valence-corrected chi connectivity index (χ2v) is 9.44. The maximum Gasteiger partial charge on any atom is 0.409 e. The lowest BCUT2D eigenvalue weighted by atomic mass is 9.97. The molecule has 3 nitrogen and oxygen atoms in total. The molecule has 0 radical (unpaired) electrons. The van der Waals surface area contributed by atoms with Crippen molar-refractivity contribution in [3.63, 3.8) is 0 Å². The third-order valence-corrected chi connectivity index (χ3v) is 6.36. The molecule has 2 aromatic carbocycles. The quantitative estimate of drug-likeness (QED) is 0.194. The van der Waals surface area contributed by atoms with Gasteiger partial charge in [-0.2, -0.15) is 39.5 Å². The zero-order valence-corrected chi connectivity index (χ0v) is 22.4. The van der Waals surface area contributed by atoms with Gasteiger partial charge in [-0.25, -0.2) is 0 Å². The molecular weight excluding hydrogens is 667 g/mol. The Morgan fingerprint density at radius 1 is 0.868 bits per heavy atom. The smallest absolute Gasteiger partial charge is 0.369 e. The molecule has 0 fully saturated rings. The van der Waals surface area contributed by atoms with Gasteiger partial charge < -0.3 is 5.73 Å². The number of hydrogen-bond acceptors (Lipinski definition) is 2. The lowest BCUT2D eigenvalue weighted by molar-refractivity contribution is -0.273. The molecule has 0 aliphatic carbocycles. The number of benzene rings is 2. The number of rotatable bonds is 5. The average molecular weight is 682 g/mol. The number of nitrogens with two attached hydrogens (primary N) is 1. The fraction of sp³-hybridized carbons (Fsp3) is 0.273. The number of halogens is 13. The second kappa shape index (κ2) is 12.9. The number of Topliss-reactive ketones (excluding diaryl/α,β-unsaturated/α-hetero) is 1. The van der Waals surface area contributed by atoms with E-state index in [4.69, 9.17) is 34.8 Å². The summed E-state index contributed by atoms with van der Waals surface area (Å²) in [6.45, 7) is 1.41. The molecule has 1 unspecified atom stereocenters. The molecule has 0 aromatic heterocycles. The van der Waals surface area contributed by atoms with Crippen LogP contribution in [-0.2, 0) is 4.79 Å². The molecule has 2 rings (SSSR count). The fourth-order valence-corrected chi connectivity index (χ4v) is 4.09. The first-order valence-electron chi connectivity index (χ1n) is 9.70. The van der Waals surface area contributed by atoms with E-state index in [1.54, 1.807) is 18.2 Å². The van der Waals surface area contributed by atoms with Gasteiger partial charge in [-0.1, -0.05) is 69.0 Å². The standard InChI is InChI=1S/C18H11BrCl3F3O.C4H3F6NO/c1-9(26)12-4-2-10(6-14(12)19)3-5-13(18(23,24)25)11-7-15(20)17(22)16(21)8-11;5-3(6,7)1(2(11)12)4(8,9)10/h2-8,13H,1H3;1H,(H2,11,12)/b5-3+;. The van der Waals surface area contributed by atoms with Crippen molar-refractivity contribution >= 4 is 68.5 Å². The molecule has 0 saturated heterocycles. The van der Waals surface area contributed by atoms with Crippen molar-refractivity contribution in [3.8, 4) is 0 Å². The summed E-state index contributed by atoms with van der Waals surface area (Å²) >= 11 is 20.7. The van der Waals surface area contributed by atoms with Gasteiger partial charge in [0.15, 0.2) is 5.78 Å². The van der Waals surface area contributed by atoms with Crippen LogP contribution in [0.3, 0.4) is 0 Å². The van der Waals surface area contributed by atoms with E-state index in [2.05, 4.69) is 21.7 Å². The highest BCUT2D eigenvalue weighted by Gasteiger charge is 2.60. The first-order chi connectivity index (χ1) is 17.1. The average Bonchev–Trinajstić information content (AvgIpc) is 2.68. The number of primary amides is 1. The van der Waals surface area contributed by atoms with E-state index in [1.807, 2.05) is 0 Å². The minimum atomic E-state index is -5.68. The van der Waals surface area contributed by atoms with Gasteiger partial charge in [0.2, 0.25) is 11.8 Å². The van der Waals surface area contributed by atoms with Gasteiger partial charge in [-0.15, -0.1) is 0 Å². The molecule has 38 heavy (non-hydrogen) atoms. The molecule has 1 amide bonds. The Hall–Kier alpha value is -1.96. The maximum atomic E-state index is 13.5. The Bertz CT molecular complexity index is 1180. The normalized spacial score (nSPS) is 13.3. The largest absolute Gasteiger partial charge is 0.409 e. The maximum absolute atomic E-state index is 13.5. The molecule has 210 valence electrons. The van der Waals surface area contributed by atoms with E-state index in [-0.39, 0.29) is 26.4 Å². The molecule has 16 heteroatoms. The zero-order chi connectivity index (χ0) is 29.8. The van der Waals surface area contributed by atoms with Crippen LogP contribution >= 0.6 is 50.7 Å². The summed E-state index contributed by atoms with van der Waals surface area (Å²) in [5, 5.41) is -0.0958. The van der Waals surface area contributed by atoms with Crippen LogP contribution in [0.1, 0.15) is 34.3 Å². The number of amides is 1. The number of carbonyl (C=O) groups excluding carboxylic acids is 2. The summed E-state index contributed by atoms with van der Waals surface area (Å²) in [6, 6.07) is 6.97. The molecular formula is C22H14BrCl3F9NO2. The summed E-state index contributed by atoms with van der Waals surface area (Å²) in [4.78, 5) is 21.2. The van der Waals surface area contributed by atoms with Crippen LogP contribution in [0, 0.1) is 5.92 Å². The van der Waals surface area contributed by atoms with E-state index < -0.39 is 36.3 Å². The topological polar surface area (TPSA) is 60.2 Å². The van der Waals surface area contributed by atoms with Crippen LogP contribution < -0.4 is 5.73 Å². The molecule has 2 N–H and O–H groups in total. The van der Waals surface area contributed by atoms with Gasteiger partial charge in [0.05, 0.1) is 21.0 Å². The van der Waals surface area contributed by atoms with Gasteiger partial charge >= 0.3 is 18.5 Å². The SMILES string of the molecule is CC(=O)c1ccc(/C=C/C(c2cc(Cl)c(Cl)c(Cl)c2)C(F)(F)F)cc1Br.NC(=O)C(C(F)(F)F)C(F)(F)F. The van der Waals surface area contributed by atoms with Crippen LogP contribution in [0.4, 0.5) is 39.5 Å². The second-order valence-electron chi connectivity index (χ2n) is 7.39. The van der Waals surface area contributed by atoms with E-state index in [9.17, 15) is 49.1 Å². The number of hydrogen-bond donors (Lipinski definition) is 1. The monoisotopic (exact) mass is 679 g/mol. The molecule has 1 atom stereocenters. The van der Waals surface area contributed by atoms with Crippen LogP contribution in [0.15, 0.2) is 40.9 Å². The molecule has 2 aromatic rings. The Labute approximate surface area is 232 Å². The fourth-order valence-electron chi connectivity index (χ4n) is 2.80. The molecule has 0 aliphatic rings. The molecule has 0 bridgehead atoms.